The summed E-state index contributed by atoms with van der Waals surface area (Å²) in [5.74, 6) is 0.821. The van der Waals surface area contributed by atoms with Crippen LogP contribution in [0.3, 0.4) is 0 Å². The highest BCUT2D eigenvalue weighted by Crippen LogP contribution is 2.25. The Morgan fingerprint density at radius 1 is 1.35 bits per heavy atom. The smallest absolute Gasteiger partial charge is 0.0369 e. The first kappa shape index (κ1) is 12.4. The Kier molecular flexibility index (Phi) is 4.06. The van der Waals surface area contributed by atoms with E-state index in [1.807, 2.05) is 0 Å². The van der Waals surface area contributed by atoms with Crippen LogP contribution in [0.5, 0.6) is 0 Å². The molecule has 2 heteroatoms. The lowest BCUT2D eigenvalue weighted by Gasteiger charge is -2.39. The molecule has 17 heavy (non-hydrogen) atoms. The maximum absolute atomic E-state index is 3.44. The lowest BCUT2D eigenvalue weighted by atomic mass is 9.91. The van der Waals surface area contributed by atoms with Gasteiger partial charge in [0.1, 0.15) is 0 Å². The van der Waals surface area contributed by atoms with Crippen LogP contribution in [-0.2, 0) is 0 Å². The highest BCUT2D eigenvalue weighted by molar-refractivity contribution is 5.49. The summed E-state index contributed by atoms with van der Waals surface area (Å²) in [6.45, 7) is 6.81. The predicted octanol–water partition coefficient (Wildman–Crippen LogP) is 2.82. The van der Waals surface area contributed by atoms with E-state index in [0.29, 0.717) is 6.04 Å². The number of hydrogen-bond acceptors (Lipinski definition) is 2. The van der Waals surface area contributed by atoms with Crippen molar-refractivity contribution in [2.75, 3.05) is 25.0 Å². The van der Waals surface area contributed by atoms with Gasteiger partial charge in [0, 0.05) is 24.8 Å². The molecule has 1 aromatic rings. The summed E-state index contributed by atoms with van der Waals surface area (Å²) in [4.78, 5) is 2.53. The van der Waals surface area contributed by atoms with Gasteiger partial charge in [-0.3, -0.25) is 0 Å². The van der Waals surface area contributed by atoms with Gasteiger partial charge in [-0.25, -0.2) is 0 Å². The molecule has 2 nitrogen and oxygen atoms in total. The van der Waals surface area contributed by atoms with Crippen molar-refractivity contribution in [1.29, 1.82) is 0 Å². The molecule has 2 atom stereocenters. The predicted molar refractivity (Wildman–Crippen MR) is 74.6 cm³/mol. The largest absolute Gasteiger partial charge is 0.370 e. The van der Waals surface area contributed by atoms with Gasteiger partial charge in [0.05, 0.1) is 0 Å². The molecule has 1 aromatic carbocycles. The SMILES string of the molecule is CCC1CC(NC)CN(c2cccc(C)c2)C1. The van der Waals surface area contributed by atoms with Gasteiger partial charge >= 0.3 is 0 Å². The topological polar surface area (TPSA) is 15.3 Å². The third-order valence-electron chi connectivity index (χ3n) is 3.89. The van der Waals surface area contributed by atoms with Crippen LogP contribution in [0.4, 0.5) is 5.69 Å². The molecule has 1 aliphatic rings. The summed E-state index contributed by atoms with van der Waals surface area (Å²) >= 11 is 0. The second-order valence-corrected chi connectivity index (χ2v) is 5.24. The lowest BCUT2D eigenvalue weighted by molar-refractivity contribution is 0.339. The Hall–Kier alpha value is -1.02. The highest BCUT2D eigenvalue weighted by Gasteiger charge is 2.25. The Bertz CT molecular complexity index is 350. The first-order valence-electron chi connectivity index (χ1n) is 6.71. The molecule has 1 aliphatic heterocycles. The van der Waals surface area contributed by atoms with Crippen LogP contribution in [0, 0.1) is 12.8 Å². The fourth-order valence-electron chi connectivity index (χ4n) is 2.74. The van der Waals surface area contributed by atoms with Crippen molar-refractivity contribution in [2.24, 2.45) is 5.92 Å². The van der Waals surface area contributed by atoms with Crippen molar-refractivity contribution < 1.29 is 0 Å². The Labute approximate surface area is 105 Å². The molecule has 1 saturated heterocycles. The quantitative estimate of drug-likeness (QED) is 0.862. The summed E-state index contributed by atoms with van der Waals surface area (Å²) in [6.07, 6.45) is 2.59. The first-order chi connectivity index (χ1) is 8.22. The van der Waals surface area contributed by atoms with Crippen LogP contribution in [0.15, 0.2) is 24.3 Å². The molecular weight excluding hydrogens is 208 g/mol. The van der Waals surface area contributed by atoms with Crippen LogP contribution < -0.4 is 10.2 Å². The molecule has 2 unspecified atom stereocenters. The van der Waals surface area contributed by atoms with Gasteiger partial charge in [-0.05, 0) is 44.0 Å². The number of piperidine rings is 1. The van der Waals surface area contributed by atoms with E-state index >= 15 is 0 Å². The fraction of sp³-hybridized carbons (Fsp3) is 0.600. The minimum atomic E-state index is 0.634. The van der Waals surface area contributed by atoms with Crippen LogP contribution in [0.25, 0.3) is 0 Å². The Morgan fingerprint density at radius 2 is 2.18 bits per heavy atom. The molecule has 1 fully saturated rings. The Balaban J connectivity index is 2.14. The van der Waals surface area contributed by atoms with E-state index < -0.39 is 0 Å². The second kappa shape index (κ2) is 5.54. The van der Waals surface area contributed by atoms with Crippen LogP contribution in [-0.4, -0.2) is 26.2 Å². The molecule has 1 N–H and O–H groups in total. The molecule has 1 heterocycles. The van der Waals surface area contributed by atoms with E-state index in [-0.39, 0.29) is 0 Å². The van der Waals surface area contributed by atoms with Crippen LogP contribution in [0.1, 0.15) is 25.3 Å². The number of nitrogens with zero attached hydrogens (tertiary/aromatic N) is 1. The number of aryl methyl sites for hydroxylation is 1. The van der Waals surface area contributed by atoms with Gasteiger partial charge < -0.3 is 10.2 Å². The van der Waals surface area contributed by atoms with E-state index in [1.165, 1.54) is 30.6 Å². The zero-order valence-corrected chi connectivity index (χ0v) is 11.2. The van der Waals surface area contributed by atoms with Crippen molar-refractivity contribution in [2.45, 2.75) is 32.7 Å². The number of rotatable bonds is 3. The van der Waals surface area contributed by atoms with Crippen LogP contribution >= 0.6 is 0 Å². The van der Waals surface area contributed by atoms with E-state index in [4.69, 9.17) is 0 Å². The number of hydrogen-bond donors (Lipinski definition) is 1. The molecule has 0 amide bonds. The molecule has 0 spiro atoms. The monoisotopic (exact) mass is 232 g/mol. The summed E-state index contributed by atoms with van der Waals surface area (Å²) in [5.41, 5.74) is 2.73. The molecule has 0 bridgehead atoms. The van der Waals surface area contributed by atoms with Crippen LogP contribution in [0.2, 0.25) is 0 Å². The van der Waals surface area contributed by atoms with Crippen molar-refractivity contribution in [3.8, 4) is 0 Å². The minimum Gasteiger partial charge on any atom is -0.370 e. The van der Waals surface area contributed by atoms with Gasteiger partial charge in [0.25, 0.3) is 0 Å². The molecule has 0 aliphatic carbocycles. The molecule has 0 radical (unpaired) electrons. The zero-order chi connectivity index (χ0) is 12.3. The molecular formula is C15H24N2. The van der Waals surface area contributed by atoms with Crippen molar-refractivity contribution in [3.63, 3.8) is 0 Å². The lowest BCUT2D eigenvalue weighted by Crippen LogP contribution is -2.48. The first-order valence-corrected chi connectivity index (χ1v) is 6.71. The summed E-state index contributed by atoms with van der Waals surface area (Å²) in [7, 11) is 2.08. The van der Waals surface area contributed by atoms with Gasteiger partial charge in [0.2, 0.25) is 0 Å². The third kappa shape index (κ3) is 3.01. The maximum Gasteiger partial charge on any atom is 0.0369 e. The summed E-state index contributed by atoms with van der Waals surface area (Å²) < 4.78 is 0. The van der Waals surface area contributed by atoms with E-state index in [9.17, 15) is 0 Å². The normalized spacial score (nSPS) is 25.0. The van der Waals surface area contributed by atoms with Gasteiger partial charge in [-0.15, -0.1) is 0 Å². The number of nitrogens with one attached hydrogen (secondary N) is 1. The average Bonchev–Trinajstić information content (AvgIpc) is 2.38. The molecule has 2 rings (SSSR count). The zero-order valence-electron chi connectivity index (χ0n) is 11.2. The van der Waals surface area contributed by atoms with E-state index in [2.05, 4.69) is 55.4 Å². The van der Waals surface area contributed by atoms with Gasteiger partial charge in [0.15, 0.2) is 0 Å². The van der Waals surface area contributed by atoms with Gasteiger partial charge in [-0.2, -0.15) is 0 Å². The van der Waals surface area contributed by atoms with Crippen molar-refractivity contribution in [1.82, 2.24) is 5.32 Å². The fourth-order valence-corrected chi connectivity index (χ4v) is 2.74. The van der Waals surface area contributed by atoms with E-state index in [1.54, 1.807) is 0 Å². The molecule has 94 valence electrons. The maximum atomic E-state index is 3.44. The van der Waals surface area contributed by atoms with E-state index in [0.717, 1.165) is 12.5 Å². The summed E-state index contributed by atoms with van der Waals surface area (Å²) in [6, 6.07) is 9.49. The number of benzene rings is 1. The highest BCUT2D eigenvalue weighted by atomic mass is 15.2. The van der Waals surface area contributed by atoms with Gasteiger partial charge in [-0.1, -0.05) is 25.5 Å². The standard InChI is InChI=1S/C15H24N2/c1-4-13-9-14(16-3)11-17(10-13)15-7-5-6-12(2)8-15/h5-8,13-14,16H,4,9-11H2,1-3H3. The minimum absolute atomic E-state index is 0.634. The number of anilines is 1. The number of likely N-dealkylation sites (N-methyl/N-ethyl adjacent to an activating group) is 1. The Morgan fingerprint density at radius 3 is 2.82 bits per heavy atom. The second-order valence-electron chi connectivity index (χ2n) is 5.24. The molecule has 0 saturated carbocycles. The van der Waals surface area contributed by atoms with Crippen molar-refractivity contribution >= 4 is 5.69 Å². The third-order valence-corrected chi connectivity index (χ3v) is 3.89. The summed E-state index contributed by atoms with van der Waals surface area (Å²) in [5, 5.41) is 3.44. The van der Waals surface area contributed by atoms with Crippen molar-refractivity contribution in [3.05, 3.63) is 29.8 Å². The molecule has 0 aromatic heterocycles. The average molecular weight is 232 g/mol.